The van der Waals surface area contributed by atoms with E-state index in [1.807, 2.05) is 50.2 Å². The highest BCUT2D eigenvalue weighted by Gasteiger charge is 2.52. The van der Waals surface area contributed by atoms with Crippen molar-refractivity contribution in [2.24, 2.45) is 5.41 Å². The molecule has 0 spiro atoms. The molecule has 1 aliphatic rings. The molecule has 0 heterocycles. The number of esters is 2. The fraction of sp³-hybridized carbons (Fsp3) is 0.417. The van der Waals surface area contributed by atoms with Gasteiger partial charge in [0.1, 0.15) is 11.5 Å². The molecule has 0 aromatic heterocycles. The van der Waals surface area contributed by atoms with Crippen molar-refractivity contribution < 1.29 is 19.1 Å². The van der Waals surface area contributed by atoms with E-state index in [4.69, 9.17) is 9.47 Å². The minimum absolute atomic E-state index is 0.245. The summed E-state index contributed by atoms with van der Waals surface area (Å²) in [7, 11) is 0. The molecule has 4 nitrogen and oxygen atoms in total. The van der Waals surface area contributed by atoms with Gasteiger partial charge in [-0.05, 0) is 63.6 Å². The van der Waals surface area contributed by atoms with E-state index >= 15 is 0 Å². The fourth-order valence-corrected chi connectivity index (χ4v) is 4.09. The molecular formula is C24H28O4. The summed E-state index contributed by atoms with van der Waals surface area (Å²) < 4.78 is 11.3. The normalized spacial score (nSPS) is 21.3. The molecule has 3 rings (SSSR count). The van der Waals surface area contributed by atoms with Gasteiger partial charge in [0.2, 0.25) is 0 Å². The highest BCUT2D eigenvalue weighted by Crippen LogP contribution is 2.45. The average Bonchev–Trinajstić information content (AvgIpc) is 3.11. The zero-order chi connectivity index (χ0) is 20.0. The highest BCUT2D eigenvalue weighted by molar-refractivity contribution is 5.90. The summed E-state index contributed by atoms with van der Waals surface area (Å²) in [4.78, 5) is 25.7. The first-order chi connectivity index (χ1) is 13.5. The largest absolute Gasteiger partial charge is 0.465 e. The summed E-state index contributed by atoms with van der Waals surface area (Å²) in [6.07, 6.45) is 3.12. The lowest BCUT2D eigenvalue weighted by molar-refractivity contribution is -0.161. The monoisotopic (exact) mass is 380 g/mol. The Morgan fingerprint density at radius 1 is 1.11 bits per heavy atom. The van der Waals surface area contributed by atoms with E-state index in [-0.39, 0.29) is 11.9 Å². The van der Waals surface area contributed by atoms with Crippen molar-refractivity contribution in [1.82, 2.24) is 0 Å². The van der Waals surface area contributed by atoms with Crippen LogP contribution in [0.5, 0.6) is 0 Å². The molecule has 2 aromatic rings. The van der Waals surface area contributed by atoms with Crippen LogP contribution in [0, 0.1) is 12.3 Å². The van der Waals surface area contributed by atoms with Gasteiger partial charge in [0.25, 0.3) is 0 Å². The minimum Gasteiger partial charge on any atom is -0.465 e. The average molecular weight is 380 g/mol. The molecule has 1 fully saturated rings. The Hall–Kier alpha value is -2.62. The van der Waals surface area contributed by atoms with E-state index in [0.717, 1.165) is 18.4 Å². The van der Waals surface area contributed by atoms with E-state index in [9.17, 15) is 9.59 Å². The number of rotatable bonds is 7. The molecule has 0 radical (unpaired) electrons. The van der Waals surface area contributed by atoms with Gasteiger partial charge >= 0.3 is 11.9 Å². The Morgan fingerprint density at radius 2 is 1.89 bits per heavy atom. The van der Waals surface area contributed by atoms with Gasteiger partial charge in [0.15, 0.2) is 0 Å². The van der Waals surface area contributed by atoms with Crippen LogP contribution in [0.15, 0.2) is 54.6 Å². The Morgan fingerprint density at radius 3 is 2.61 bits per heavy atom. The minimum atomic E-state index is -0.772. The van der Waals surface area contributed by atoms with Crippen LogP contribution in [-0.4, -0.2) is 24.6 Å². The standard InChI is InChI=1S/C24H28O4/c1-3-27-23(26)24(16-14-19-10-5-4-6-11-19)15-8-13-21(24)28-22(25)20-12-7-9-18(2)17-20/h4-7,9-12,17,21H,3,8,13-16H2,1-2H3. The molecule has 0 amide bonds. The molecule has 0 N–H and O–H groups in total. The molecule has 2 aromatic carbocycles. The third kappa shape index (κ3) is 4.44. The van der Waals surface area contributed by atoms with Crippen LogP contribution >= 0.6 is 0 Å². The van der Waals surface area contributed by atoms with Crippen molar-refractivity contribution in [3.05, 3.63) is 71.3 Å². The van der Waals surface area contributed by atoms with Gasteiger partial charge in [-0.25, -0.2) is 4.79 Å². The number of carbonyl (C=O) groups is 2. The second kappa shape index (κ2) is 9.05. The van der Waals surface area contributed by atoms with E-state index in [1.54, 1.807) is 6.07 Å². The van der Waals surface area contributed by atoms with Crippen LogP contribution in [0.2, 0.25) is 0 Å². The Labute approximate surface area is 166 Å². The number of hydrogen-bond acceptors (Lipinski definition) is 4. The van der Waals surface area contributed by atoms with Crippen LogP contribution < -0.4 is 0 Å². The summed E-state index contributed by atoms with van der Waals surface area (Å²) in [5.41, 5.74) is 1.92. The highest BCUT2D eigenvalue weighted by atomic mass is 16.6. The predicted octanol–water partition coefficient (Wildman–Crippen LogP) is 4.89. The van der Waals surface area contributed by atoms with Crippen LogP contribution in [-0.2, 0) is 20.7 Å². The molecule has 148 valence electrons. The molecule has 1 aliphatic carbocycles. The Kier molecular flexibility index (Phi) is 6.50. The molecule has 0 aliphatic heterocycles. The van der Waals surface area contributed by atoms with Gasteiger partial charge in [-0.15, -0.1) is 0 Å². The Bertz CT molecular complexity index is 814. The molecular weight excluding hydrogens is 352 g/mol. The van der Waals surface area contributed by atoms with Crippen molar-refractivity contribution in [1.29, 1.82) is 0 Å². The number of aryl methyl sites for hydroxylation is 2. The zero-order valence-corrected chi connectivity index (χ0v) is 16.6. The quantitative estimate of drug-likeness (QED) is 0.642. The van der Waals surface area contributed by atoms with E-state index in [0.29, 0.717) is 31.4 Å². The maximum atomic E-state index is 13.0. The molecule has 1 saturated carbocycles. The fourth-order valence-electron chi connectivity index (χ4n) is 4.09. The molecule has 28 heavy (non-hydrogen) atoms. The second-order valence-electron chi connectivity index (χ2n) is 7.52. The smallest absolute Gasteiger partial charge is 0.338 e. The van der Waals surface area contributed by atoms with Crippen molar-refractivity contribution in [2.45, 2.75) is 52.1 Å². The van der Waals surface area contributed by atoms with Gasteiger partial charge < -0.3 is 9.47 Å². The van der Waals surface area contributed by atoms with Crippen molar-refractivity contribution in [3.63, 3.8) is 0 Å². The van der Waals surface area contributed by atoms with E-state index in [2.05, 4.69) is 12.1 Å². The first-order valence-corrected chi connectivity index (χ1v) is 10.0. The van der Waals surface area contributed by atoms with Gasteiger partial charge in [0.05, 0.1) is 12.2 Å². The molecule has 0 saturated heterocycles. The van der Waals surface area contributed by atoms with Gasteiger partial charge in [0, 0.05) is 0 Å². The SMILES string of the molecule is CCOC(=O)C1(CCc2ccccc2)CCCC1OC(=O)c1cccc(C)c1. The second-order valence-corrected chi connectivity index (χ2v) is 7.52. The Balaban J connectivity index is 1.80. The third-order valence-electron chi connectivity index (χ3n) is 5.59. The maximum Gasteiger partial charge on any atom is 0.338 e. The molecule has 0 bridgehead atoms. The van der Waals surface area contributed by atoms with Gasteiger partial charge in [-0.1, -0.05) is 48.0 Å². The lowest BCUT2D eigenvalue weighted by Gasteiger charge is -2.32. The topological polar surface area (TPSA) is 52.6 Å². The van der Waals surface area contributed by atoms with E-state index < -0.39 is 11.5 Å². The van der Waals surface area contributed by atoms with Crippen molar-refractivity contribution >= 4 is 11.9 Å². The summed E-state index contributed by atoms with van der Waals surface area (Å²) in [6.45, 7) is 4.07. The van der Waals surface area contributed by atoms with Crippen LogP contribution in [0.1, 0.15) is 54.1 Å². The summed E-state index contributed by atoms with van der Waals surface area (Å²) >= 11 is 0. The summed E-state index contributed by atoms with van der Waals surface area (Å²) in [5, 5.41) is 0. The van der Waals surface area contributed by atoms with Gasteiger partial charge in [-0.2, -0.15) is 0 Å². The number of hydrogen-bond donors (Lipinski definition) is 0. The van der Waals surface area contributed by atoms with E-state index in [1.165, 1.54) is 5.56 Å². The predicted molar refractivity (Wildman–Crippen MR) is 108 cm³/mol. The third-order valence-corrected chi connectivity index (χ3v) is 5.59. The lowest BCUT2D eigenvalue weighted by Crippen LogP contribution is -2.42. The zero-order valence-electron chi connectivity index (χ0n) is 16.6. The molecule has 2 atom stereocenters. The molecule has 4 heteroatoms. The number of ether oxygens (including phenoxy) is 2. The summed E-state index contributed by atoms with van der Waals surface area (Å²) in [5.74, 6) is -0.616. The van der Waals surface area contributed by atoms with Crippen molar-refractivity contribution in [2.75, 3.05) is 6.61 Å². The van der Waals surface area contributed by atoms with Gasteiger partial charge in [-0.3, -0.25) is 4.79 Å². The molecule has 2 unspecified atom stereocenters. The number of carbonyl (C=O) groups excluding carboxylic acids is 2. The lowest BCUT2D eigenvalue weighted by atomic mass is 9.78. The van der Waals surface area contributed by atoms with Crippen LogP contribution in [0.4, 0.5) is 0 Å². The first-order valence-electron chi connectivity index (χ1n) is 10.0. The number of benzene rings is 2. The maximum absolute atomic E-state index is 13.0. The first kappa shape index (κ1) is 20.1. The van der Waals surface area contributed by atoms with Crippen LogP contribution in [0.25, 0.3) is 0 Å². The van der Waals surface area contributed by atoms with Crippen LogP contribution in [0.3, 0.4) is 0 Å². The summed E-state index contributed by atoms with van der Waals surface area (Å²) in [6, 6.07) is 17.4. The van der Waals surface area contributed by atoms with Crippen molar-refractivity contribution in [3.8, 4) is 0 Å².